The number of thiocarbonyl (C=S) groups is 1. The zero-order valence-corrected chi connectivity index (χ0v) is 22.7. The summed E-state index contributed by atoms with van der Waals surface area (Å²) in [6, 6.07) is 25.0. The van der Waals surface area contributed by atoms with Crippen LogP contribution >= 0.6 is 12.2 Å². The summed E-state index contributed by atoms with van der Waals surface area (Å²) in [4.78, 5) is 39.8. The minimum Gasteiger partial charge on any atom is -0.492 e. The Labute approximate surface area is 238 Å². The molecule has 1 fully saturated rings. The highest BCUT2D eigenvalue weighted by molar-refractivity contribution is 7.80. The van der Waals surface area contributed by atoms with E-state index in [0.717, 1.165) is 5.56 Å². The monoisotopic (exact) mass is 561 g/mol. The predicted octanol–water partition coefficient (Wildman–Crippen LogP) is 3.14. The lowest BCUT2D eigenvalue weighted by Gasteiger charge is -2.36. The molecule has 0 bridgehead atoms. The first-order valence-electron chi connectivity index (χ1n) is 13.0. The van der Waals surface area contributed by atoms with E-state index >= 15 is 0 Å². The lowest BCUT2D eigenvalue weighted by molar-refractivity contribution is -0.148. The third-order valence-corrected chi connectivity index (χ3v) is 6.49. The van der Waals surface area contributed by atoms with Crippen molar-refractivity contribution in [2.45, 2.75) is 18.9 Å². The van der Waals surface area contributed by atoms with Crippen molar-refractivity contribution in [2.24, 2.45) is 0 Å². The number of hydrogen-bond acceptors (Lipinski definition) is 7. The number of carbonyl (C=O) groups is 3. The van der Waals surface area contributed by atoms with Gasteiger partial charge in [-0.2, -0.15) is 0 Å². The lowest BCUT2D eigenvalue weighted by atomic mass is 10.1. The molecule has 2 amide bonds. The van der Waals surface area contributed by atoms with Crippen LogP contribution in [0.1, 0.15) is 22.3 Å². The molecule has 0 aromatic heterocycles. The van der Waals surface area contributed by atoms with Crippen LogP contribution in [-0.4, -0.2) is 66.7 Å². The molecule has 208 valence electrons. The molecule has 1 atom stereocenters. The van der Waals surface area contributed by atoms with Gasteiger partial charge >= 0.3 is 5.97 Å². The average Bonchev–Trinajstić information content (AvgIpc) is 2.97. The number of rotatable bonds is 11. The van der Waals surface area contributed by atoms with E-state index in [1.807, 2.05) is 48.5 Å². The van der Waals surface area contributed by atoms with Crippen LogP contribution in [0.3, 0.4) is 0 Å². The van der Waals surface area contributed by atoms with Gasteiger partial charge < -0.3 is 24.4 Å². The summed E-state index contributed by atoms with van der Waals surface area (Å²) in [5.74, 6) is -0.320. The zero-order chi connectivity index (χ0) is 28.2. The van der Waals surface area contributed by atoms with Crippen LogP contribution in [-0.2, 0) is 20.7 Å². The van der Waals surface area contributed by atoms with Crippen LogP contribution in [0.15, 0.2) is 84.9 Å². The first-order chi connectivity index (χ1) is 19.5. The second-order valence-electron chi connectivity index (χ2n) is 8.93. The summed E-state index contributed by atoms with van der Waals surface area (Å²) in [6.07, 6.45) is 0.459. The maximum Gasteiger partial charge on any atom is 0.308 e. The highest BCUT2D eigenvalue weighted by Crippen LogP contribution is 2.19. The highest BCUT2D eigenvalue weighted by Gasteiger charge is 2.34. The van der Waals surface area contributed by atoms with Crippen LogP contribution in [0.2, 0.25) is 0 Å². The van der Waals surface area contributed by atoms with Gasteiger partial charge in [-0.05, 0) is 42.0 Å². The summed E-state index contributed by atoms with van der Waals surface area (Å²) >= 11 is 5.49. The number of amides is 2. The summed E-state index contributed by atoms with van der Waals surface area (Å²) < 4.78 is 16.7. The number of nitrogens with one attached hydrogen (secondary N) is 2. The summed E-state index contributed by atoms with van der Waals surface area (Å²) in [5.41, 5.74) is 1.44. The lowest BCUT2D eigenvalue weighted by Crippen LogP contribution is -2.60. The van der Waals surface area contributed by atoms with E-state index in [9.17, 15) is 14.4 Å². The highest BCUT2D eigenvalue weighted by atomic mass is 32.1. The fourth-order valence-corrected chi connectivity index (χ4v) is 4.46. The van der Waals surface area contributed by atoms with Crippen molar-refractivity contribution in [1.82, 2.24) is 15.5 Å². The molecule has 1 aliphatic rings. The largest absolute Gasteiger partial charge is 0.492 e. The third kappa shape index (κ3) is 8.28. The molecule has 3 aromatic rings. The fraction of sp³-hybridized carbons (Fsp3) is 0.267. The zero-order valence-electron chi connectivity index (χ0n) is 21.9. The van der Waals surface area contributed by atoms with Gasteiger partial charge in [0.2, 0.25) is 5.91 Å². The Bertz CT molecular complexity index is 1310. The molecule has 2 N–H and O–H groups in total. The maximum atomic E-state index is 13.1. The Morgan fingerprint density at radius 3 is 2.38 bits per heavy atom. The second kappa shape index (κ2) is 14.6. The Morgan fingerprint density at radius 1 is 0.900 bits per heavy atom. The number of nitrogens with zero attached hydrogens (tertiary/aromatic N) is 1. The minimum absolute atomic E-state index is 0.0320. The predicted molar refractivity (Wildman–Crippen MR) is 153 cm³/mol. The van der Waals surface area contributed by atoms with E-state index < -0.39 is 17.9 Å². The first kappa shape index (κ1) is 28.6. The molecule has 40 heavy (non-hydrogen) atoms. The van der Waals surface area contributed by atoms with E-state index in [1.54, 1.807) is 36.4 Å². The van der Waals surface area contributed by atoms with E-state index in [1.165, 1.54) is 4.90 Å². The molecule has 3 aromatic carbocycles. The molecule has 0 radical (unpaired) electrons. The number of ether oxygens (including phenoxy) is 3. The number of piperazine rings is 1. The van der Waals surface area contributed by atoms with Gasteiger partial charge in [-0.25, -0.2) is 0 Å². The number of benzene rings is 3. The SMILES string of the molecule is O=C(CC1C(=O)NCCN1C(=S)NC(=O)c1ccccc1OCCc1ccccc1)OCCOc1ccccc1. The minimum atomic E-state index is -0.915. The van der Waals surface area contributed by atoms with Gasteiger partial charge in [0.05, 0.1) is 18.6 Å². The van der Waals surface area contributed by atoms with E-state index in [2.05, 4.69) is 10.6 Å². The standard InChI is InChI=1S/C30H31N3O6S/c34-27(39-20-19-37-23-11-5-2-6-12-23)21-25-29(36)31-16-17-33(25)30(40)32-28(35)24-13-7-8-14-26(24)38-18-15-22-9-3-1-4-10-22/h1-14,25H,15-21H2,(H,31,36)(H,32,35,40). The molecular formula is C30H31N3O6S. The molecule has 1 unspecified atom stereocenters. The van der Waals surface area contributed by atoms with E-state index in [4.69, 9.17) is 26.4 Å². The topological polar surface area (TPSA) is 106 Å². The Kier molecular flexibility index (Phi) is 10.5. The van der Waals surface area contributed by atoms with Gasteiger partial charge in [0.1, 0.15) is 30.8 Å². The molecule has 0 spiro atoms. The van der Waals surface area contributed by atoms with Crippen LogP contribution in [0.25, 0.3) is 0 Å². The molecule has 1 aliphatic heterocycles. The summed E-state index contributed by atoms with van der Waals surface area (Å²) in [5, 5.41) is 5.48. The van der Waals surface area contributed by atoms with Gasteiger partial charge in [-0.15, -0.1) is 0 Å². The van der Waals surface area contributed by atoms with Crippen molar-refractivity contribution >= 4 is 35.1 Å². The normalized spacial score (nSPS) is 14.6. The smallest absolute Gasteiger partial charge is 0.308 e. The van der Waals surface area contributed by atoms with Crippen molar-refractivity contribution in [3.05, 3.63) is 96.1 Å². The third-order valence-electron chi connectivity index (χ3n) is 6.15. The van der Waals surface area contributed by atoms with Crippen molar-refractivity contribution < 1.29 is 28.6 Å². The van der Waals surface area contributed by atoms with Crippen LogP contribution in [0.4, 0.5) is 0 Å². The van der Waals surface area contributed by atoms with E-state index in [-0.39, 0.29) is 30.7 Å². The van der Waals surface area contributed by atoms with Crippen molar-refractivity contribution in [1.29, 1.82) is 0 Å². The molecule has 4 rings (SSSR count). The molecule has 0 aliphatic carbocycles. The van der Waals surface area contributed by atoms with Gasteiger partial charge in [-0.3, -0.25) is 19.7 Å². The Hall–Kier alpha value is -4.44. The Morgan fingerprint density at radius 2 is 1.60 bits per heavy atom. The summed E-state index contributed by atoms with van der Waals surface area (Å²) in [7, 11) is 0. The molecule has 1 heterocycles. The fourth-order valence-electron chi connectivity index (χ4n) is 4.15. The van der Waals surface area contributed by atoms with Crippen molar-refractivity contribution in [3.8, 4) is 11.5 Å². The van der Waals surface area contributed by atoms with Gasteiger partial charge in [-0.1, -0.05) is 60.7 Å². The molecule has 0 saturated carbocycles. The van der Waals surface area contributed by atoms with Crippen LogP contribution in [0.5, 0.6) is 11.5 Å². The van der Waals surface area contributed by atoms with Crippen molar-refractivity contribution in [3.63, 3.8) is 0 Å². The van der Waals surface area contributed by atoms with Gasteiger partial charge in [0.15, 0.2) is 5.11 Å². The van der Waals surface area contributed by atoms with E-state index in [0.29, 0.717) is 43.2 Å². The second-order valence-corrected chi connectivity index (χ2v) is 9.31. The molecule has 10 heteroatoms. The van der Waals surface area contributed by atoms with Gasteiger partial charge in [0.25, 0.3) is 5.91 Å². The van der Waals surface area contributed by atoms with Crippen LogP contribution < -0.4 is 20.1 Å². The van der Waals surface area contributed by atoms with Gasteiger partial charge in [0, 0.05) is 19.5 Å². The molecule has 9 nitrogen and oxygen atoms in total. The number of esters is 1. The van der Waals surface area contributed by atoms with Crippen molar-refractivity contribution in [2.75, 3.05) is 32.9 Å². The Balaban J connectivity index is 1.30. The number of hydrogen-bond donors (Lipinski definition) is 2. The first-order valence-corrected chi connectivity index (χ1v) is 13.4. The van der Waals surface area contributed by atoms with Crippen LogP contribution in [0, 0.1) is 0 Å². The number of para-hydroxylation sites is 2. The number of carbonyl (C=O) groups excluding carboxylic acids is 3. The molecule has 1 saturated heterocycles. The quantitative estimate of drug-likeness (QED) is 0.209. The average molecular weight is 562 g/mol. The maximum absolute atomic E-state index is 13.1. The molecular weight excluding hydrogens is 530 g/mol. The summed E-state index contributed by atoms with van der Waals surface area (Å²) in [6.45, 7) is 1.26.